The first-order chi connectivity index (χ1) is 68.3. The first-order valence-corrected chi connectivity index (χ1v) is 51.0. The number of carboxylic acids is 2. The van der Waals surface area contributed by atoms with Crippen molar-refractivity contribution in [2.45, 2.75) is 348 Å². The van der Waals surface area contributed by atoms with E-state index in [1.807, 2.05) is 0 Å². The molecule has 0 radical (unpaired) electrons. The van der Waals surface area contributed by atoms with Gasteiger partial charge in [-0.1, -0.05) is 117 Å². The second kappa shape index (κ2) is 63.3. The highest BCUT2D eigenvalue weighted by molar-refractivity contribution is 7.80. The van der Waals surface area contributed by atoms with Gasteiger partial charge in [-0.25, -0.2) is 4.79 Å². The number of aliphatic hydroxyl groups excluding tert-OH is 1. The van der Waals surface area contributed by atoms with Crippen molar-refractivity contribution in [1.82, 2.24) is 105 Å². The van der Waals surface area contributed by atoms with Crippen molar-refractivity contribution in [3.63, 3.8) is 0 Å². The summed E-state index contributed by atoms with van der Waals surface area (Å²) in [6, 6.07) is -27.2. The molecule has 53 heteroatoms. The Morgan fingerprint density at radius 1 is 0.363 bits per heavy atom. The number of nitrogens with zero attached hydrogens (tertiary/aromatic N) is 3. The molecule has 21 amide bonds. The van der Waals surface area contributed by atoms with Crippen LogP contribution >= 0.6 is 25.3 Å². The fourth-order valence-corrected chi connectivity index (χ4v) is 17.0. The molecule has 51 nitrogen and oxygen atoms in total. The van der Waals surface area contributed by atoms with Crippen LogP contribution in [-0.2, 0) is 110 Å². The Morgan fingerprint density at radius 2 is 0.719 bits per heavy atom. The Balaban J connectivity index is 1.80. The fourth-order valence-electron chi connectivity index (χ4n) is 16.6. The molecule has 0 aromatic carbocycles. The van der Waals surface area contributed by atoms with E-state index in [4.69, 9.17) is 28.3 Å². The molecule has 0 bridgehead atoms. The lowest BCUT2D eigenvalue weighted by Crippen LogP contribution is -2.61. The Hall–Kier alpha value is -12.3. The first kappa shape index (κ1) is 128. The lowest BCUT2D eigenvalue weighted by Gasteiger charge is -2.32. The number of hydrogen-bond donors (Lipinski definition) is 27. The van der Waals surface area contributed by atoms with Crippen LogP contribution in [0.5, 0.6) is 0 Å². The molecule has 0 aromatic heterocycles. The van der Waals surface area contributed by atoms with Crippen LogP contribution in [-0.4, -0.2) is 338 Å². The number of guanidine groups is 1. The Bertz CT molecular complexity index is 4550. The van der Waals surface area contributed by atoms with Gasteiger partial charge in [0.25, 0.3) is 0 Å². The number of amides is 21. The molecule has 19 atom stereocenters. The van der Waals surface area contributed by atoms with Gasteiger partial charge in [0.15, 0.2) is 5.96 Å². The monoisotopic (exact) mass is 2110 g/mol. The molecule has 824 valence electrons. The third-order valence-electron chi connectivity index (χ3n) is 24.4. The highest BCUT2D eigenvalue weighted by atomic mass is 32.1. The number of likely N-dealkylation sites (tertiary alicyclic amines) is 3. The standard InChI is InChI=1S/C93H159N25O26S2/c1-17-18-23-53(103-83(134)62(41-119)111-86(137)65-26-20-31-116(65)89(140)52(94)42-145)76(127)107-60(39-70(123)124)82(133)102-54(24-19-30-99-93(97)98)77(128)114-72(49(12)13)88(139)109-58(36-46(6)7)78(129)104-55(28-29-67(95)120)75(126)100-40-69(122)113-71(48(10)11)87(138)110-61(37-47(8)9)90(141)117-32-21-25-64(117)84(135)101-51(16)74(125)115-73(50(14)15)91(142)118-33-22-27-66(118)85(136)108-59(38-68(96)121)81(132)106-56(34-44(2)3)79(130)105-57(35-45(4)5)80(131)112-63(43-146)92(143)144/h44-66,71-73,119,145-146H,17-43,94H2,1-16H3,(H2,95,120)(H2,96,121)(H,100,126)(H,101,135)(H,102,133)(H,103,134)(H,104,129)(H,105,130)(H,106,132)(H,107,127)(H,108,136)(H,109,139)(H,110,138)(H,111,137)(H,112,131)(H,113,122)(H,114,128)(H,115,125)(H,123,124)(H,143,144)(H4,97,98,99)/t51-,52-,53-,54-,55-,56-,57-,58-,59-,60-,61-,62-,63-,64-,65-,66-,71-,72-,73-/m0/s1. The van der Waals surface area contributed by atoms with E-state index in [1.165, 1.54) is 35.5 Å². The summed E-state index contributed by atoms with van der Waals surface area (Å²) in [5.41, 5.74) is 22.5. The van der Waals surface area contributed by atoms with Crippen molar-refractivity contribution in [3.05, 3.63) is 0 Å². The van der Waals surface area contributed by atoms with E-state index in [-0.39, 0.29) is 138 Å². The molecular weight excluding hydrogens is 1950 g/mol. The summed E-state index contributed by atoms with van der Waals surface area (Å²) < 4.78 is 0. The number of unbranched alkanes of at least 4 members (excludes halogenated alkanes) is 1. The van der Waals surface area contributed by atoms with E-state index in [1.54, 1.807) is 90.0 Å². The Kier molecular flexibility index (Phi) is 55.4. The van der Waals surface area contributed by atoms with Gasteiger partial charge in [-0.15, -0.1) is 0 Å². The van der Waals surface area contributed by atoms with Gasteiger partial charge in [0.05, 0.1) is 32.0 Å². The Labute approximate surface area is 861 Å². The maximum Gasteiger partial charge on any atom is 0.327 e. The number of carbonyl (C=O) groups is 23. The van der Waals surface area contributed by atoms with E-state index in [2.05, 4.69) is 116 Å². The van der Waals surface area contributed by atoms with Crippen LogP contribution in [0.1, 0.15) is 233 Å². The summed E-state index contributed by atoms with van der Waals surface area (Å²) in [7, 11) is 0. The molecule has 29 N–H and O–H groups in total. The van der Waals surface area contributed by atoms with Gasteiger partial charge in [0.2, 0.25) is 124 Å². The van der Waals surface area contributed by atoms with Crippen LogP contribution in [0.3, 0.4) is 0 Å². The van der Waals surface area contributed by atoms with Crippen molar-refractivity contribution >= 4 is 167 Å². The normalized spacial score (nSPS) is 17.8. The van der Waals surface area contributed by atoms with Crippen molar-refractivity contribution in [3.8, 4) is 0 Å². The lowest BCUT2D eigenvalue weighted by molar-refractivity contribution is -0.144. The van der Waals surface area contributed by atoms with Gasteiger partial charge in [0, 0.05) is 44.1 Å². The maximum atomic E-state index is 14.8. The first-order valence-electron chi connectivity index (χ1n) is 49.7. The highest BCUT2D eigenvalue weighted by Crippen LogP contribution is 2.26. The maximum absolute atomic E-state index is 14.8. The fraction of sp³-hybridized carbons (Fsp3) is 0.742. The number of primary amides is 2. The zero-order valence-electron chi connectivity index (χ0n) is 86.4. The van der Waals surface area contributed by atoms with Crippen molar-refractivity contribution in [1.29, 1.82) is 5.41 Å². The van der Waals surface area contributed by atoms with E-state index < -0.39 is 313 Å². The number of carbonyl (C=O) groups excluding carboxylic acids is 21. The summed E-state index contributed by atoms with van der Waals surface area (Å²) in [6.45, 7) is 24.7. The summed E-state index contributed by atoms with van der Waals surface area (Å²) in [5, 5.41) is 80.4. The minimum atomic E-state index is -1.97. The summed E-state index contributed by atoms with van der Waals surface area (Å²) in [4.78, 5) is 321. The number of nitrogens with one attached hydrogen (secondary N) is 18. The number of carboxylic acid groups (broad SMARTS) is 2. The van der Waals surface area contributed by atoms with Crippen LogP contribution in [0.2, 0.25) is 0 Å². The van der Waals surface area contributed by atoms with Gasteiger partial charge < -0.3 is 143 Å². The molecule has 3 heterocycles. The van der Waals surface area contributed by atoms with Crippen LogP contribution < -0.4 is 113 Å². The molecule has 3 fully saturated rings. The topological polar surface area (TPSA) is 795 Å². The number of aliphatic carboxylic acids is 2. The van der Waals surface area contributed by atoms with E-state index in [9.17, 15) is 126 Å². The zero-order chi connectivity index (χ0) is 111. The molecule has 3 aliphatic rings. The third kappa shape index (κ3) is 43.0. The van der Waals surface area contributed by atoms with E-state index in [0.29, 0.717) is 19.3 Å². The number of aliphatic hydroxyl groups is 1. The minimum Gasteiger partial charge on any atom is -0.481 e. The van der Waals surface area contributed by atoms with Crippen molar-refractivity contribution in [2.24, 2.45) is 64.4 Å². The molecule has 3 rings (SSSR count). The smallest absolute Gasteiger partial charge is 0.327 e. The summed E-state index contributed by atoms with van der Waals surface area (Å²) in [5.74, 6) is -26.2. The zero-order valence-corrected chi connectivity index (χ0v) is 88.2. The summed E-state index contributed by atoms with van der Waals surface area (Å²) in [6.07, 6.45) is -1.24. The van der Waals surface area contributed by atoms with Crippen LogP contribution in [0, 0.1) is 46.8 Å². The predicted octanol–water partition coefficient (Wildman–Crippen LogP) is -6.15. The third-order valence-corrected chi connectivity index (χ3v) is 25.1. The van der Waals surface area contributed by atoms with Gasteiger partial charge in [-0.05, 0) is 138 Å². The molecule has 3 aliphatic heterocycles. The SMILES string of the molecule is CCCC[C@H](NC(=O)[C@H](CO)NC(=O)[C@@H]1CCCN1C(=O)[C@@H](N)CS)C(=O)N[C@@H](CC(=O)O)C(=O)N[C@@H](CCCNC(=N)N)C(=O)N[C@H](C(=O)N[C@@H](CC(C)C)C(=O)N[C@@H](CCC(N)=O)C(=O)NCC(=O)N[C@H](C(=O)N[C@@H](CC(C)C)C(=O)N1CCC[C@H]1C(=O)N[C@@H](C)C(=O)N[C@H](C(=O)N1CCC[C@H]1C(=O)N[C@@H](CC(N)=O)C(=O)N[C@@H](CC(C)C)C(=O)N[C@@H](CC(C)C)C(=O)N[C@@H](CS)C(=O)O)C(C)C)C(C)C)C(C)C. The van der Waals surface area contributed by atoms with Gasteiger partial charge in [-0.3, -0.25) is 111 Å². The second-order valence-corrected chi connectivity index (χ2v) is 40.6. The van der Waals surface area contributed by atoms with Gasteiger partial charge >= 0.3 is 11.9 Å². The molecule has 3 saturated heterocycles. The highest BCUT2D eigenvalue weighted by Gasteiger charge is 2.46. The molecular formula is C93H159N25O26S2. The predicted molar refractivity (Wildman–Crippen MR) is 538 cm³/mol. The van der Waals surface area contributed by atoms with Gasteiger partial charge in [-0.2, -0.15) is 25.3 Å². The molecule has 0 spiro atoms. The largest absolute Gasteiger partial charge is 0.481 e. The molecule has 0 saturated carbocycles. The quantitative estimate of drug-likeness (QED) is 0.0117. The molecule has 0 aliphatic carbocycles. The minimum absolute atomic E-state index is 0.000977. The van der Waals surface area contributed by atoms with E-state index >= 15 is 0 Å². The summed E-state index contributed by atoms with van der Waals surface area (Å²) >= 11 is 8.06. The molecule has 146 heavy (non-hydrogen) atoms. The lowest BCUT2D eigenvalue weighted by atomic mass is 9.98. The van der Waals surface area contributed by atoms with E-state index in [0.717, 1.165) is 0 Å². The van der Waals surface area contributed by atoms with Crippen molar-refractivity contribution < 1.29 is 126 Å². The van der Waals surface area contributed by atoms with Crippen LogP contribution in [0.4, 0.5) is 0 Å². The van der Waals surface area contributed by atoms with Gasteiger partial charge in [0.1, 0.15) is 109 Å². The average molecular weight is 2110 g/mol. The number of rotatable bonds is 64. The molecule has 0 unspecified atom stereocenters. The number of nitrogens with two attached hydrogens (primary N) is 4. The molecule has 0 aromatic rings. The second-order valence-electron chi connectivity index (χ2n) is 39.8. The van der Waals surface area contributed by atoms with Crippen LogP contribution in [0.25, 0.3) is 0 Å². The van der Waals surface area contributed by atoms with Crippen molar-refractivity contribution in [2.75, 3.05) is 50.8 Å². The Morgan fingerprint density at radius 3 is 1.13 bits per heavy atom. The van der Waals surface area contributed by atoms with Crippen LogP contribution in [0.15, 0.2) is 0 Å². The average Bonchev–Trinajstić information content (AvgIpc) is 1.66. The number of hydrogen-bond acceptors (Lipinski definition) is 28. The number of thiol groups is 2.